The zero-order valence-electron chi connectivity index (χ0n) is 12.9. The minimum atomic E-state index is -4.78. The summed E-state index contributed by atoms with van der Waals surface area (Å²) in [6.07, 6.45) is -3.40. The number of benzene rings is 1. The fourth-order valence-electron chi connectivity index (χ4n) is 2.79. The number of aromatic amines is 1. The Hall–Kier alpha value is -2.48. The maximum atomic E-state index is 13.6. The number of allylic oxidation sites excluding steroid dienone is 1. The molecule has 0 aliphatic carbocycles. The Balaban J connectivity index is 2.26. The van der Waals surface area contributed by atoms with E-state index in [-0.39, 0.29) is 12.4 Å². The standard InChI is InChI=1S/C16H13ClF3N3O2/c1-2-25-15(24)12-11(8-4-3-5-9(17)6-8)10-7-21-23-14(10)22-13(12)16(18,19)20/h3-7,11H,2H2,1H3,(H2,21,22,23). The van der Waals surface area contributed by atoms with Crippen molar-refractivity contribution >= 4 is 23.4 Å². The van der Waals surface area contributed by atoms with Crippen molar-refractivity contribution in [1.82, 2.24) is 10.2 Å². The van der Waals surface area contributed by atoms with Gasteiger partial charge in [0, 0.05) is 16.5 Å². The molecule has 0 bridgehead atoms. The third kappa shape index (κ3) is 3.21. The number of nitrogens with zero attached hydrogens (tertiary/aromatic N) is 1. The zero-order chi connectivity index (χ0) is 18.2. The molecule has 0 saturated heterocycles. The number of hydrogen-bond acceptors (Lipinski definition) is 4. The van der Waals surface area contributed by atoms with Crippen LogP contribution in [0.5, 0.6) is 0 Å². The van der Waals surface area contributed by atoms with Crippen molar-refractivity contribution < 1.29 is 22.7 Å². The molecule has 1 aliphatic rings. The van der Waals surface area contributed by atoms with Crippen LogP contribution in [0.3, 0.4) is 0 Å². The van der Waals surface area contributed by atoms with E-state index in [1.807, 2.05) is 0 Å². The Kier molecular flexibility index (Phi) is 4.47. The van der Waals surface area contributed by atoms with Crippen LogP contribution in [0.1, 0.15) is 24.0 Å². The third-order valence-corrected chi connectivity index (χ3v) is 3.98. The highest BCUT2D eigenvalue weighted by Gasteiger charge is 2.46. The second-order valence-electron chi connectivity index (χ2n) is 5.32. The second kappa shape index (κ2) is 6.44. The lowest BCUT2D eigenvalue weighted by molar-refractivity contribution is -0.140. The first-order valence-corrected chi connectivity index (χ1v) is 7.75. The summed E-state index contributed by atoms with van der Waals surface area (Å²) in [4.78, 5) is 12.4. The fourth-order valence-corrected chi connectivity index (χ4v) is 2.99. The van der Waals surface area contributed by atoms with Gasteiger partial charge in [-0.3, -0.25) is 5.10 Å². The summed E-state index contributed by atoms with van der Waals surface area (Å²) >= 11 is 5.99. The molecule has 0 radical (unpaired) electrons. The first kappa shape index (κ1) is 17.3. The lowest BCUT2D eigenvalue weighted by Crippen LogP contribution is -2.32. The smallest absolute Gasteiger partial charge is 0.431 e. The van der Waals surface area contributed by atoms with E-state index in [4.69, 9.17) is 16.3 Å². The normalized spacial score (nSPS) is 17.1. The highest BCUT2D eigenvalue weighted by atomic mass is 35.5. The summed E-state index contributed by atoms with van der Waals surface area (Å²) in [7, 11) is 0. The van der Waals surface area contributed by atoms with E-state index in [0.29, 0.717) is 16.1 Å². The molecule has 0 spiro atoms. The van der Waals surface area contributed by atoms with E-state index in [1.165, 1.54) is 19.2 Å². The molecule has 0 amide bonds. The van der Waals surface area contributed by atoms with Gasteiger partial charge < -0.3 is 10.1 Å². The van der Waals surface area contributed by atoms with Crippen LogP contribution in [-0.2, 0) is 9.53 Å². The minimum Gasteiger partial charge on any atom is -0.463 e. The van der Waals surface area contributed by atoms with Crippen molar-refractivity contribution in [2.45, 2.75) is 19.0 Å². The highest BCUT2D eigenvalue weighted by molar-refractivity contribution is 6.30. The number of H-pyrrole nitrogens is 1. The van der Waals surface area contributed by atoms with Crippen molar-refractivity contribution in [3.8, 4) is 0 Å². The average Bonchev–Trinajstić information content (AvgIpc) is 3.00. The van der Waals surface area contributed by atoms with Gasteiger partial charge in [-0.2, -0.15) is 18.3 Å². The molecule has 1 aromatic carbocycles. The third-order valence-electron chi connectivity index (χ3n) is 3.75. The topological polar surface area (TPSA) is 67.0 Å². The number of ether oxygens (including phenoxy) is 1. The fraction of sp³-hybridized carbons (Fsp3) is 0.250. The lowest BCUT2D eigenvalue weighted by Gasteiger charge is -2.29. The number of halogens is 4. The van der Waals surface area contributed by atoms with Crippen molar-refractivity contribution in [3.63, 3.8) is 0 Å². The second-order valence-corrected chi connectivity index (χ2v) is 5.76. The Bertz CT molecular complexity index is 845. The number of hydrogen-bond donors (Lipinski definition) is 2. The first-order valence-electron chi connectivity index (χ1n) is 7.37. The predicted molar refractivity (Wildman–Crippen MR) is 85.2 cm³/mol. The Morgan fingerprint density at radius 3 is 2.80 bits per heavy atom. The Morgan fingerprint density at radius 2 is 2.16 bits per heavy atom. The van der Waals surface area contributed by atoms with Crippen LogP contribution in [0.2, 0.25) is 5.02 Å². The summed E-state index contributed by atoms with van der Waals surface area (Å²) in [5.41, 5.74) is -0.863. The molecule has 3 rings (SSSR count). The van der Waals surface area contributed by atoms with Crippen LogP contribution in [0.4, 0.5) is 19.0 Å². The predicted octanol–water partition coefficient (Wildman–Crippen LogP) is 4.00. The van der Waals surface area contributed by atoms with Crippen LogP contribution in [0.25, 0.3) is 0 Å². The molecule has 9 heteroatoms. The van der Waals surface area contributed by atoms with Crippen molar-refractivity contribution in [3.05, 3.63) is 57.9 Å². The van der Waals surface area contributed by atoms with Gasteiger partial charge in [-0.05, 0) is 24.6 Å². The maximum absolute atomic E-state index is 13.6. The molecule has 2 aromatic rings. The van der Waals surface area contributed by atoms with Gasteiger partial charge in [0.05, 0.1) is 18.4 Å². The summed E-state index contributed by atoms with van der Waals surface area (Å²) in [6, 6.07) is 6.32. The number of alkyl halides is 3. The summed E-state index contributed by atoms with van der Waals surface area (Å²) < 4.78 is 45.6. The highest BCUT2D eigenvalue weighted by Crippen LogP contribution is 2.45. The number of aromatic nitrogens is 2. The van der Waals surface area contributed by atoms with Crippen molar-refractivity contribution in [2.24, 2.45) is 0 Å². The molecule has 1 aromatic heterocycles. The van der Waals surface area contributed by atoms with Crippen LogP contribution in [0, 0.1) is 0 Å². The molecule has 132 valence electrons. The van der Waals surface area contributed by atoms with E-state index < -0.39 is 29.3 Å². The minimum absolute atomic E-state index is 0.0476. The summed E-state index contributed by atoms with van der Waals surface area (Å²) in [5, 5.41) is 8.85. The number of fused-ring (bicyclic) bond motifs is 1. The number of nitrogens with one attached hydrogen (secondary N) is 2. The molecule has 5 nitrogen and oxygen atoms in total. The van der Waals surface area contributed by atoms with Crippen LogP contribution < -0.4 is 5.32 Å². The van der Waals surface area contributed by atoms with Gasteiger partial charge in [-0.25, -0.2) is 4.79 Å². The molecule has 0 saturated carbocycles. The molecule has 2 heterocycles. The van der Waals surface area contributed by atoms with Gasteiger partial charge in [0.15, 0.2) is 0 Å². The van der Waals surface area contributed by atoms with Crippen LogP contribution in [-0.4, -0.2) is 28.9 Å². The molecule has 25 heavy (non-hydrogen) atoms. The molecule has 1 unspecified atom stereocenters. The quantitative estimate of drug-likeness (QED) is 0.800. The molecular weight excluding hydrogens is 359 g/mol. The van der Waals surface area contributed by atoms with Crippen LogP contribution in [0.15, 0.2) is 41.7 Å². The molecule has 1 atom stereocenters. The molecule has 0 fully saturated rings. The lowest BCUT2D eigenvalue weighted by atomic mass is 9.82. The van der Waals surface area contributed by atoms with E-state index in [1.54, 1.807) is 18.2 Å². The number of carbonyl (C=O) groups is 1. The maximum Gasteiger partial charge on any atom is 0.431 e. The Labute approximate surface area is 145 Å². The average molecular weight is 372 g/mol. The number of rotatable bonds is 3. The SMILES string of the molecule is CCOC(=O)C1=C(C(F)(F)F)Nc2[nH]ncc2C1c1cccc(Cl)c1. The largest absolute Gasteiger partial charge is 0.463 e. The van der Waals surface area contributed by atoms with Gasteiger partial charge >= 0.3 is 12.1 Å². The number of anilines is 1. The molecular formula is C16H13ClF3N3O2. The van der Waals surface area contributed by atoms with E-state index in [9.17, 15) is 18.0 Å². The van der Waals surface area contributed by atoms with Crippen LogP contribution >= 0.6 is 11.6 Å². The van der Waals surface area contributed by atoms with Gasteiger partial charge in [-0.15, -0.1) is 0 Å². The van der Waals surface area contributed by atoms with Gasteiger partial charge in [-0.1, -0.05) is 23.7 Å². The first-order chi connectivity index (χ1) is 11.8. The van der Waals surface area contributed by atoms with Crippen molar-refractivity contribution in [2.75, 3.05) is 11.9 Å². The van der Waals surface area contributed by atoms with Gasteiger partial charge in [0.25, 0.3) is 0 Å². The summed E-state index contributed by atoms with van der Waals surface area (Å²) in [5.74, 6) is -1.98. The monoisotopic (exact) mass is 371 g/mol. The van der Waals surface area contributed by atoms with Gasteiger partial charge in [0.1, 0.15) is 11.5 Å². The molecule has 2 N–H and O–H groups in total. The molecule has 1 aliphatic heterocycles. The Morgan fingerprint density at radius 1 is 1.40 bits per heavy atom. The zero-order valence-corrected chi connectivity index (χ0v) is 13.7. The number of carbonyl (C=O) groups excluding carboxylic acids is 1. The van der Waals surface area contributed by atoms with E-state index in [0.717, 1.165) is 0 Å². The van der Waals surface area contributed by atoms with E-state index >= 15 is 0 Å². The summed E-state index contributed by atoms with van der Waals surface area (Å²) in [6.45, 7) is 1.48. The van der Waals surface area contributed by atoms with Gasteiger partial charge in [0.2, 0.25) is 0 Å². The van der Waals surface area contributed by atoms with E-state index in [2.05, 4.69) is 15.5 Å². The number of esters is 1. The van der Waals surface area contributed by atoms with Crippen molar-refractivity contribution in [1.29, 1.82) is 0 Å².